The van der Waals surface area contributed by atoms with Gasteiger partial charge in [0, 0.05) is 51.0 Å². The van der Waals surface area contributed by atoms with Crippen LogP contribution >= 0.6 is 0 Å². The number of aryl methyl sites for hydroxylation is 1. The fourth-order valence-corrected chi connectivity index (χ4v) is 4.59. The van der Waals surface area contributed by atoms with Crippen molar-refractivity contribution in [3.8, 4) is 11.5 Å². The fraction of sp³-hybridized carbons (Fsp3) is 0.370. The van der Waals surface area contributed by atoms with E-state index >= 15 is 0 Å². The van der Waals surface area contributed by atoms with E-state index < -0.39 is 0 Å². The molecule has 0 unspecified atom stereocenters. The van der Waals surface area contributed by atoms with E-state index in [1.807, 2.05) is 66.4 Å². The molecule has 34 heavy (non-hydrogen) atoms. The maximum Gasteiger partial charge on any atom is 0.257 e. The van der Waals surface area contributed by atoms with Gasteiger partial charge >= 0.3 is 0 Å². The molecule has 0 radical (unpaired) electrons. The molecule has 0 N–H and O–H groups in total. The van der Waals surface area contributed by atoms with Gasteiger partial charge in [-0.3, -0.25) is 4.79 Å². The van der Waals surface area contributed by atoms with Crippen LogP contribution in [0, 0.1) is 6.92 Å². The zero-order chi connectivity index (χ0) is 23.3. The molecule has 2 aliphatic rings. The first-order valence-electron chi connectivity index (χ1n) is 12.1. The van der Waals surface area contributed by atoms with Gasteiger partial charge in [0.25, 0.3) is 5.91 Å². The van der Waals surface area contributed by atoms with Crippen molar-refractivity contribution in [1.82, 2.24) is 14.9 Å². The largest absolute Gasteiger partial charge is 0.457 e. The SMILES string of the molecule is Cc1cc(N2CCCCC2)nc(N2CCN(C(=O)c3ccccc3Oc3ccccc3)CC2)n1. The molecule has 0 saturated carbocycles. The molecule has 2 aliphatic heterocycles. The van der Waals surface area contributed by atoms with Crippen LogP contribution in [0.3, 0.4) is 0 Å². The molecule has 5 rings (SSSR count). The molecule has 1 aromatic heterocycles. The van der Waals surface area contributed by atoms with E-state index in [2.05, 4.69) is 15.9 Å². The monoisotopic (exact) mass is 457 g/mol. The van der Waals surface area contributed by atoms with Gasteiger partial charge in [-0.25, -0.2) is 4.98 Å². The van der Waals surface area contributed by atoms with Gasteiger partial charge < -0.3 is 19.4 Å². The summed E-state index contributed by atoms with van der Waals surface area (Å²) in [6, 6.07) is 19.1. The minimum Gasteiger partial charge on any atom is -0.457 e. The van der Waals surface area contributed by atoms with Crippen molar-refractivity contribution in [2.75, 3.05) is 49.1 Å². The van der Waals surface area contributed by atoms with E-state index in [1.54, 1.807) is 0 Å². The second kappa shape index (κ2) is 10.1. The van der Waals surface area contributed by atoms with Gasteiger partial charge in [0.15, 0.2) is 0 Å². The molecule has 1 amide bonds. The van der Waals surface area contributed by atoms with Crippen molar-refractivity contribution in [3.63, 3.8) is 0 Å². The Bertz CT molecular complexity index is 1120. The van der Waals surface area contributed by atoms with Gasteiger partial charge in [-0.15, -0.1) is 0 Å². The summed E-state index contributed by atoms with van der Waals surface area (Å²) in [5.74, 6) is 3.07. The van der Waals surface area contributed by atoms with Crippen LogP contribution in [0.5, 0.6) is 11.5 Å². The summed E-state index contributed by atoms with van der Waals surface area (Å²) in [5.41, 5.74) is 1.56. The van der Waals surface area contributed by atoms with E-state index in [-0.39, 0.29) is 5.91 Å². The molecule has 2 aromatic carbocycles. The third kappa shape index (κ3) is 4.98. The second-order valence-corrected chi connectivity index (χ2v) is 8.91. The maximum absolute atomic E-state index is 13.4. The lowest BCUT2D eigenvalue weighted by molar-refractivity contribution is 0.0743. The van der Waals surface area contributed by atoms with Crippen LogP contribution in [-0.2, 0) is 0 Å². The van der Waals surface area contributed by atoms with Crippen LogP contribution in [0.2, 0.25) is 0 Å². The van der Waals surface area contributed by atoms with Crippen molar-refractivity contribution < 1.29 is 9.53 Å². The summed E-state index contributed by atoms with van der Waals surface area (Å²) in [7, 11) is 0. The molecule has 3 heterocycles. The zero-order valence-corrected chi connectivity index (χ0v) is 19.7. The fourth-order valence-electron chi connectivity index (χ4n) is 4.59. The molecule has 2 fully saturated rings. The van der Waals surface area contributed by atoms with Gasteiger partial charge in [-0.05, 0) is 50.5 Å². The average molecular weight is 458 g/mol. The summed E-state index contributed by atoms with van der Waals surface area (Å²) in [5, 5.41) is 0. The number of rotatable bonds is 5. The third-order valence-electron chi connectivity index (χ3n) is 6.45. The third-order valence-corrected chi connectivity index (χ3v) is 6.45. The number of carbonyl (C=O) groups is 1. The number of piperazine rings is 1. The molecule has 0 aliphatic carbocycles. The number of ether oxygens (including phenoxy) is 1. The minimum absolute atomic E-state index is 0.00894. The summed E-state index contributed by atoms with van der Waals surface area (Å²) < 4.78 is 6.01. The highest BCUT2D eigenvalue weighted by atomic mass is 16.5. The lowest BCUT2D eigenvalue weighted by atomic mass is 10.1. The van der Waals surface area contributed by atoms with Crippen LogP contribution in [0.1, 0.15) is 35.3 Å². The Balaban J connectivity index is 1.26. The van der Waals surface area contributed by atoms with E-state index in [0.717, 1.165) is 30.5 Å². The average Bonchev–Trinajstić information content (AvgIpc) is 2.89. The first-order chi connectivity index (χ1) is 16.7. The van der Waals surface area contributed by atoms with Crippen molar-refractivity contribution >= 4 is 17.7 Å². The van der Waals surface area contributed by atoms with E-state index in [1.165, 1.54) is 19.3 Å². The number of benzene rings is 2. The lowest BCUT2D eigenvalue weighted by Gasteiger charge is -2.35. The molecule has 0 spiro atoms. The molecule has 0 atom stereocenters. The molecule has 176 valence electrons. The summed E-state index contributed by atoms with van der Waals surface area (Å²) in [6.07, 6.45) is 3.73. The molecule has 7 nitrogen and oxygen atoms in total. The number of hydrogen-bond acceptors (Lipinski definition) is 6. The minimum atomic E-state index is -0.00894. The topological polar surface area (TPSA) is 61.8 Å². The quantitative estimate of drug-likeness (QED) is 0.561. The van der Waals surface area contributed by atoms with Crippen LogP contribution in [0.4, 0.5) is 11.8 Å². The number of para-hydroxylation sites is 2. The van der Waals surface area contributed by atoms with Crippen LogP contribution < -0.4 is 14.5 Å². The molecule has 7 heteroatoms. The highest BCUT2D eigenvalue weighted by Crippen LogP contribution is 2.27. The number of nitrogens with zero attached hydrogens (tertiary/aromatic N) is 5. The highest BCUT2D eigenvalue weighted by Gasteiger charge is 2.26. The normalized spacial score (nSPS) is 16.4. The highest BCUT2D eigenvalue weighted by molar-refractivity contribution is 5.97. The van der Waals surface area contributed by atoms with Crippen molar-refractivity contribution in [1.29, 1.82) is 0 Å². The Kier molecular flexibility index (Phi) is 6.60. The molecule has 3 aromatic rings. The van der Waals surface area contributed by atoms with E-state index in [0.29, 0.717) is 43.2 Å². The van der Waals surface area contributed by atoms with Crippen molar-refractivity contribution in [2.45, 2.75) is 26.2 Å². The number of aromatic nitrogens is 2. The first-order valence-corrected chi connectivity index (χ1v) is 12.1. The predicted molar refractivity (Wildman–Crippen MR) is 134 cm³/mol. The second-order valence-electron chi connectivity index (χ2n) is 8.91. The number of piperidine rings is 1. The Morgan fingerprint density at radius 1 is 0.794 bits per heavy atom. The molecular weight excluding hydrogens is 426 g/mol. The molecule has 2 saturated heterocycles. The van der Waals surface area contributed by atoms with Crippen LogP contribution in [-0.4, -0.2) is 60.0 Å². The number of carbonyl (C=O) groups excluding carboxylic acids is 1. The Morgan fingerprint density at radius 2 is 1.50 bits per heavy atom. The standard InChI is InChI=1S/C27H31N5O2/c1-21-20-25(30-14-8-3-9-15-30)29-27(28-21)32-18-16-31(17-19-32)26(33)23-12-6-7-13-24(23)34-22-10-4-2-5-11-22/h2,4-7,10-13,20H,3,8-9,14-19H2,1H3. The Morgan fingerprint density at radius 3 is 2.26 bits per heavy atom. The van der Waals surface area contributed by atoms with Crippen LogP contribution in [0.25, 0.3) is 0 Å². The van der Waals surface area contributed by atoms with Gasteiger partial charge in [-0.1, -0.05) is 30.3 Å². The van der Waals surface area contributed by atoms with Crippen molar-refractivity contribution in [3.05, 3.63) is 71.9 Å². The number of amides is 1. The maximum atomic E-state index is 13.4. The van der Waals surface area contributed by atoms with Crippen LogP contribution in [0.15, 0.2) is 60.7 Å². The number of anilines is 2. The van der Waals surface area contributed by atoms with Crippen molar-refractivity contribution in [2.24, 2.45) is 0 Å². The molecule has 0 bridgehead atoms. The predicted octanol–water partition coefficient (Wildman–Crippen LogP) is 4.53. The smallest absolute Gasteiger partial charge is 0.257 e. The summed E-state index contributed by atoms with van der Waals surface area (Å²) >= 11 is 0. The Hall–Kier alpha value is -3.61. The summed E-state index contributed by atoms with van der Waals surface area (Å²) in [6.45, 7) is 6.80. The number of hydrogen-bond donors (Lipinski definition) is 0. The van der Waals surface area contributed by atoms with Gasteiger partial charge in [0.05, 0.1) is 5.56 Å². The zero-order valence-electron chi connectivity index (χ0n) is 19.7. The Labute approximate surface area is 201 Å². The first kappa shape index (κ1) is 22.2. The lowest BCUT2D eigenvalue weighted by Crippen LogP contribution is -2.49. The van der Waals surface area contributed by atoms with E-state index in [9.17, 15) is 4.79 Å². The van der Waals surface area contributed by atoms with E-state index in [4.69, 9.17) is 14.7 Å². The van der Waals surface area contributed by atoms with Gasteiger partial charge in [-0.2, -0.15) is 4.98 Å². The van der Waals surface area contributed by atoms with Gasteiger partial charge in [0.2, 0.25) is 5.95 Å². The van der Waals surface area contributed by atoms with Gasteiger partial charge in [0.1, 0.15) is 17.3 Å². The summed E-state index contributed by atoms with van der Waals surface area (Å²) in [4.78, 5) is 29.4. The molecular formula is C27H31N5O2.